The molecule has 6 nitrogen and oxygen atoms in total. The molecule has 3 rings (SSSR count). The van der Waals surface area contributed by atoms with Gasteiger partial charge in [0.05, 0.1) is 5.56 Å². The maximum atomic E-state index is 14.0. The molecule has 1 aliphatic heterocycles. The molecule has 1 aliphatic rings. The molecule has 2 N–H and O–H groups in total. The minimum Gasteiger partial charge on any atom is -0.354 e. The third-order valence-electron chi connectivity index (χ3n) is 5.76. The Morgan fingerprint density at radius 3 is 2.24 bits per heavy atom. The van der Waals surface area contributed by atoms with E-state index in [-0.39, 0.29) is 34.8 Å². The van der Waals surface area contributed by atoms with Crippen LogP contribution in [0.15, 0.2) is 48.5 Å². The molecular formula is C25H29F2N3O3. The fourth-order valence-electron chi connectivity index (χ4n) is 3.88. The van der Waals surface area contributed by atoms with Gasteiger partial charge in [-0.05, 0) is 61.1 Å². The van der Waals surface area contributed by atoms with Crippen LogP contribution in [0.1, 0.15) is 47.4 Å². The normalized spacial score (nSPS) is 15.2. The van der Waals surface area contributed by atoms with Crippen LogP contribution in [0.5, 0.6) is 0 Å². The Kier molecular flexibility index (Phi) is 8.14. The van der Waals surface area contributed by atoms with Crippen molar-refractivity contribution >= 4 is 17.7 Å². The van der Waals surface area contributed by atoms with Crippen molar-refractivity contribution in [2.45, 2.75) is 32.7 Å². The molecule has 2 aromatic carbocycles. The van der Waals surface area contributed by atoms with Crippen molar-refractivity contribution in [1.29, 1.82) is 0 Å². The zero-order valence-corrected chi connectivity index (χ0v) is 18.8. The fourth-order valence-corrected chi connectivity index (χ4v) is 3.88. The van der Waals surface area contributed by atoms with Crippen molar-refractivity contribution in [3.05, 3.63) is 71.3 Å². The van der Waals surface area contributed by atoms with Gasteiger partial charge in [-0.2, -0.15) is 0 Å². The molecule has 0 bridgehead atoms. The van der Waals surface area contributed by atoms with Crippen LogP contribution in [0.3, 0.4) is 0 Å². The number of hydrogen-bond donors (Lipinski definition) is 2. The number of piperidine rings is 1. The highest BCUT2D eigenvalue weighted by atomic mass is 19.1. The third-order valence-corrected chi connectivity index (χ3v) is 5.76. The van der Waals surface area contributed by atoms with Gasteiger partial charge in [-0.3, -0.25) is 14.4 Å². The van der Waals surface area contributed by atoms with E-state index in [1.54, 1.807) is 11.0 Å². The second-order valence-electron chi connectivity index (χ2n) is 8.71. The summed E-state index contributed by atoms with van der Waals surface area (Å²) in [6.07, 6.45) is 0.952. The Morgan fingerprint density at radius 2 is 1.64 bits per heavy atom. The molecule has 0 radical (unpaired) electrons. The molecule has 1 atom stereocenters. The van der Waals surface area contributed by atoms with E-state index in [0.717, 1.165) is 0 Å². The number of halogens is 2. The van der Waals surface area contributed by atoms with Gasteiger partial charge in [0.15, 0.2) is 0 Å². The Labute approximate surface area is 192 Å². The van der Waals surface area contributed by atoms with Crippen LogP contribution in [0.2, 0.25) is 0 Å². The average Bonchev–Trinajstić information content (AvgIpc) is 2.81. The highest BCUT2D eigenvalue weighted by Gasteiger charge is 2.34. The first kappa shape index (κ1) is 24.4. The maximum absolute atomic E-state index is 14.0. The van der Waals surface area contributed by atoms with Crippen LogP contribution < -0.4 is 10.6 Å². The standard InChI is InChI=1S/C25H29F2N3O3/c1-16(2)15-28-24(32)22(29-23(31)18-7-9-19(26)10-8-18)17-11-13-30(14-12-17)25(33)20-5-3-4-6-21(20)27/h3-10,16-17,22H,11-15H2,1-2H3,(H,28,32)(H,29,31)/t22-/m1/s1. The molecule has 3 amide bonds. The van der Waals surface area contributed by atoms with Crippen LogP contribution in [-0.4, -0.2) is 48.3 Å². The van der Waals surface area contributed by atoms with Crippen LogP contribution in [0, 0.1) is 23.5 Å². The van der Waals surface area contributed by atoms with E-state index in [9.17, 15) is 23.2 Å². The average molecular weight is 458 g/mol. The van der Waals surface area contributed by atoms with Crippen LogP contribution >= 0.6 is 0 Å². The fraction of sp³-hybridized carbons (Fsp3) is 0.400. The summed E-state index contributed by atoms with van der Waals surface area (Å²) in [5.41, 5.74) is 0.275. The molecule has 1 saturated heterocycles. The van der Waals surface area contributed by atoms with Gasteiger partial charge < -0.3 is 15.5 Å². The molecule has 0 aromatic heterocycles. The largest absolute Gasteiger partial charge is 0.354 e. The number of rotatable bonds is 7. The van der Waals surface area contributed by atoms with Crippen molar-refractivity contribution in [1.82, 2.24) is 15.5 Å². The molecule has 2 aromatic rings. The lowest BCUT2D eigenvalue weighted by molar-refractivity contribution is -0.124. The van der Waals surface area contributed by atoms with Gasteiger partial charge in [0.2, 0.25) is 5.91 Å². The molecule has 0 aliphatic carbocycles. The highest BCUT2D eigenvalue weighted by Crippen LogP contribution is 2.23. The summed E-state index contributed by atoms with van der Waals surface area (Å²) in [7, 11) is 0. The topological polar surface area (TPSA) is 78.5 Å². The predicted molar refractivity (Wildman–Crippen MR) is 121 cm³/mol. The van der Waals surface area contributed by atoms with E-state index in [1.165, 1.54) is 42.5 Å². The van der Waals surface area contributed by atoms with Gasteiger partial charge in [0, 0.05) is 25.2 Å². The number of benzene rings is 2. The third kappa shape index (κ3) is 6.37. The summed E-state index contributed by atoms with van der Waals surface area (Å²) in [6.45, 7) is 5.10. The first-order valence-corrected chi connectivity index (χ1v) is 11.1. The number of nitrogens with zero attached hydrogens (tertiary/aromatic N) is 1. The summed E-state index contributed by atoms with van der Waals surface area (Å²) in [4.78, 5) is 39.9. The molecule has 0 saturated carbocycles. The first-order valence-electron chi connectivity index (χ1n) is 11.1. The molecule has 8 heteroatoms. The van der Waals surface area contributed by atoms with Crippen molar-refractivity contribution in [3.8, 4) is 0 Å². The van der Waals surface area contributed by atoms with Gasteiger partial charge in [0.1, 0.15) is 17.7 Å². The smallest absolute Gasteiger partial charge is 0.256 e. The Balaban J connectivity index is 1.69. The second-order valence-corrected chi connectivity index (χ2v) is 8.71. The molecule has 1 heterocycles. The maximum Gasteiger partial charge on any atom is 0.256 e. The van der Waals surface area contributed by atoms with Crippen molar-refractivity contribution in [2.75, 3.05) is 19.6 Å². The molecule has 33 heavy (non-hydrogen) atoms. The van der Waals surface area contributed by atoms with Crippen molar-refractivity contribution in [2.24, 2.45) is 11.8 Å². The first-order chi connectivity index (χ1) is 15.8. The number of amides is 3. The van der Waals surface area contributed by atoms with Crippen molar-refractivity contribution in [3.63, 3.8) is 0 Å². The molecule has 0 unspecified atom stereocenters. The summed E-state index contributed by atoms with van der Waals surface area (Å²) >= 11 is 0. The molecule has 176 valence electrons. The van der Waals surface area contributed by atoms with Gasteiger partial charge in [0.25, 0.3) is 11.8 Å². The van der Waals surface area contributed by atoms with Crippen LogP contribution in [0.25, 0.3) is 0 Å². The number of hydrogen-bond acceptors (Lipinski definition) is 3. The monoisotopic (exact) mass is 457 g/mol. The lowest BCUT2D eigenvalue weighted by Crippen LogP contribution is -2.54. The highest BCUT2D eigenvalue weighted by molar-refractivity contribution is 5.97. The summed E-state index contributed by atoms with van der Waals surface area (Å²) in [5.74, 6) is -2.13. The predicted octanol–water partition coefficient (Wildman–Crippen LogP) is 3.39. The van der Waals surface area contributed by atoms with E-state index in [0.29, 0.717) is 32.5 Å². The van der Waals surface area contributed by atoms with Gasteiger partial charge in [-0.15, -0.1) is 0 Å². The molecule has 1 fully saturated rings. The van der Waals surface area contributed by atoms with Gasteiger partial charge in [-0.1, -0.05) is 26.0 Å². The lowest BCUT2D eigenvalue weighted by Gasteiger charge is -2.36. The van der Waals surface area contributed by atoms with Crippen molar-refractivity contribution < 1.29 is 23.2 Å². The number of carbonyl (C=O) groups is 3. The number of carbonyl (C=O) groups excluding carboxylic acids is 3. The Morgan fingerprint density at radius 1 is 1.00 bits per heavy atom. The number of likely N-dealkylation sites (tertiary alicyclic amines) is 1. The summed E-state index contributed by atoms with van der Waals surface area (Å²) in [5, 5.41) is 5.66. The zero-order chi connectivity index (χ0) is 24.0. The SMILES string of the molecule is CC(C)CNC(=O)[C@H](NC(=O)c1ccc(F)cc1)C1CCN(C(=O)c2ccccc2F)CC1. The molecule has 0 spiro atoms. The van der Waals surface area contributed by atoms with Crippen LogP contribution in [0.4, 0.5) is 8.78 Å². The van der Waals surface area contributed by atoms with E-state index in [4.69, 9.17) is 0 Å². The number of nitrogens with one attached hydrogen (secondary N) is 2. The second kappa shape index (κ2) is 11.0. The quantitative estimate of drug-likeness (QED) is 0.669. The summed E-state index contributed by atoms with van der Waals surface area (Å²) in [6, 6.07) is 10.2. The Hall–Kier alpha value is -3.29. The van der Waals surface area contributed by atoms with E-state index >= 15 is 0 Å². The van der Waals surface area contributed by atoms with Gasteiger partial charge in [-0.25, -0.2) is 8.78 Å². The molecular weight excluding hydrogens is 428 g/mol. The summed E-state index contributed by atoms with van der Waals surface area (Å²) < 4.78 is 27.2. The van der Waals surface area contributed by atoms with E-state index < -0.39 is 23.6 Å². The lowest BCUT2D eigenvalue weighted by atomic mass is 9.88. The van der Waals surface area contributed by atoms with E-state index in [2.05, 4.69) is 10.6 Å². The van der Waals surface area contributed by atoms with E-state index in [1.807, 2.05) is 13.8 Å². The van der Waals surface area contributed by atoms with Gasteiger partial charge >= 0.3 is 0 Å². The minimum absolute atomic E-state index is 0.0202. The minimum atomic E-state index is -0.799. The Bertz CT molecular complexity index is 987. The zero-order valence-electron chi connectivity index (χ0n) is 18.8. The van der Waals surface area contributed by atoms with Crippen LogP contribution in [-0.2, 0) is 4.79 Å².